The van der Waals surface area contributed by atoms with E-state index in [4.69, 9.17) is 9.31 Å². The van der Waals surface area contributed by atoms with Gasteiger partial charge in [-0.15, -0.1) is 0 Å². The number of nitrogens with zero attached hydrogens (tertiary/aromatic N) is 1. The second kappa shape index (κ2) is 4.73. The number of hydrazine groups is 1. The minimum atomic E-state index is -0.380. The number of amides is 2. The zero-order valence-corrected chi connectivity index (χ0v) is 12.8. The van der Waals surface area contributed by atoms with Gasteiger partial charge in [0.15, 0.2) is 0 Å². The van der Waals surface area contributed by atoms with E-state index in [0.717, 1.165) is 11.2 Å². The first-order chi connectivity index (χ1) is 9.80. The topological polar surface area (TPSA) is 62.8 Å². The van der Waals surface area contributed by atoms with Crippen LogP contribution in [0.15, 0.2) is 24.3 Å². The molecular formula is C14H20BN3O3. The van der Waals surface area contributed by atoms with E-state index in [1.807, 2.05) is 52.0 Å². The maximum absolute atomic E-state index is 11.6. The quantitative estimate of drug-likeness (QED) is 0.797. The second-order valence-electron chi connectivity index (χ2n) is 6.37. The lowest BCUT2D eigenvalue weighted by Gasteiger charge is -2.32. The van der Waals surface area contributed by atoms with E-state index in [-0.39, 0.29) is 24.4 Å². The van der Waals surface area contributed by atoms with Gasteiger partial charge in [-0.25, -0.2) is 10.2 Å². The molecule has 0 saturated carbocycles. The van der Waals surface area contributed by atoms with Crippen molar-refractivity contribution in [3.8, 4) is 0 Å². The number of hydrogen-bond acceptors (Lipinski definition) is 4. The fourth-order valence-electron chi connectivity index (χ4n) is 2.33. The number of carbonyl (C=O) groups excluding carboxylic acids is 1. The maximum atomic E-state index is 11.6. The molecule has 2 aliphatic rings. The Bertz CT molecular complexity index is 543. The van der Waals surface area contributed by atoms with Gasteiger partial charge in [0, 0.05) is 5.69 Å². The van der Waals surface area contributed by atoms with Crippen molar-refractivity contribution < 1.29 is 14.1 Å². The van der Waals surface area contributed by atoms with Crippen LogP contribution >= 0.6 is 0 Å². The Morgan fingerprint density at radius 3 is 2.14 bits per heavy atom. The third kappa shape index (κ3) is 2.41. The summed E-state index contributed by atoms with van der Waals surface area (Å²) >= 11 is 0. The average Bonchev–Trinajstić information content (AvgIpc) is 2.92. The van der Waals surface area contributed by atoms with E-state index in [2.05, 4.69) is 10.9 Å². The van der Waals surface area contributed by atoms with Crippen molar-refractivity contribution in [1.82, 2.24) is 10.9 Å². The first-order valence-electron chi connectivity index (χ1n) is 7.06. The normalized spacial score (nSPS) is 23.5. The number of urea groups is 1. The number of anilines is 1. The number of carbonyl (C=O) groups is 1. The van der Waals surface area contributed by atoms with E-state index in [1.165, 1.54) is 0 Å². The summed E-state index contributed by atoms with van der Waals surface area (Å²) in [5.41, 5.74) is 6.41. The first-order valence-corrected chi connectivity index (χ1v) is 7.06. The third-order valence-corrected chi connectivity index (χ3v) is 4.41. The maximum Gasteiger partial charge on any atom is 0.494 e. The van der Waals surface area contributed by atoms with Crippen LogP contribution in [0.3, 0.4) is 0 Å². The average molecular weight is 289 g/mol. The third-order valence-electron chi connectivity index (χ3n) is 4.41. The Labute approximate surface area is 124 Å². The van der Waals surface area contributed by atoms with Gasteiger partial charge in [-0.3, -0.25) is 10.3 Å². The molecule has 0 atom stereocenters. The molecule has 7 heteroatoms. The van der Waals surface area contributed by atoms with Gasteiger partial charge in [0.1, 0.15) is 0 Å². The molecule has 0 aliphatic carbocycles. The lowest BCUT2D eigenvalue weighted by atomic mass is 9.79. The molecule has 0 radical (unpaired) electrons. The molecule has 2 aliphatic heterocycles. The molecule has 2 heterocycles. The van der Waals surface area contributed by atoms with E-state index in [1.54, 1.807) is 4.90 Å². The SMILES string of the molecule is CC1(C)OB(c2ccc(N3CNNC3=O)cc2)OC1(C)C. The summed E-state index contributed by atoms with van der Waals surface area (Å²) < 4.78 is 12.0. The van der Waals surface area contributed by atoms with Crippen LogP contribution < -0.4 is 21.2 Å². The van der Waals surface area contributed by atoms with Gasteiger partial charge in [-0.05, 0) is 45.3 Å². The van der Waals surface area contributed by atoms with Gasteiger partial charge in [-0.2, -0.15) is 0 Å². The summed E-state index contributed by atoms with van der Waals surface area (Å²) in [6.07, 6.45) is 0. The fraction of sp³-hybridized carbons (Fsp3) is 0.500. The lowest BCUT2D eigenvalue weighted by molar-refractivity contribution is 0.00578. The molecule has 0 unspecified atom stereocenters. The number of hydrogen-bond donors (Lipinski definition) is 2. The molecule has 112 valence electrons. The lowest BCUT2D eigenvalue weighted by Crippen LogP contribution is -2.41. The molecule has 2 fully saturated rings. The van der Waals surface area contributed by atoms with Crippen molar-refractivity contribution >= 4 is 24.3 Å². The highest BCUT2D eigenvalue weighted by Gasteiger charge is 2.51. The Hall–Kier alpha value is -1.57. The fourth-order valence-corrected chi connectivity index (χ4v) is 2.33. The van der Waals surface area contributed by atoms with Gasteiger partial charge in [0.25, 0.3) is 0 Å². The second-order valence-corrected chi connectivity index (χ2v) is 6.37. The van der Waals surface area contributed by atoms with Crippen LogP contribution in [0.25, 0.3) is 0 Å². The monoisotopic (exact) mass is 289 g/mol. The Morgan fingerprint density at radius 1 is 1.10 bits per heavy atom. The summed E-state index contributed by atoms with van der Waals surface area (Å²) in [7, 11) is -0.380. The van der Waals surface area contributed by atoms with E-state index in [0.29, 0.717) is 6.67 Å². The van der Waals surface area contributed by atoms with Crippen molar-refractivity contribution in [3.05, 3.63) is 24.3 Å². The molecule has 0 bridgehead atoms. The van der Waals surface area contributed by atoms with Crippen LogP contribution in [-0.4, -0.2) is 31.0 Å². The van der Waals surface area contributed by atoms with Crippen LogP contribution in [0.5, 0.6) is 0 Å². The molecule has 0 aromatic heterocycles. The van der Waals surface area contributed by atoms with Crippen molar-refractivity contribution in [2.24, 2.45) is 0 Å². The Morgan fingerprint density at radius 2 is 1.67 bits per heavy atom. The number of rotatable bonds is 2. The Kier molecular flexibility index (Phi) is 3.24. The molecule has 2 N–H and O–H groups in total. The molecule has 0 spiro atoms. The van der Waals surface area contributed by atoms with Gasteiger partial charge in [-0.1, -0.05) is 12.1 Å². The van der Waals surface area contributed by atoms with Crippen molar-refractivity contribution in [2.45, 2.75) is 38.9 Å². The standard InChI is InChI=1S/C14H20BN3O3/c1-13(2)14(3,4)21-15(20-13)10-5-7-11(8-6-10)18-9-16-17-12(18)19/h5-8,16H,9H2,1-4H3,(H,17,19). The van der Waals surface area contributed by atoms with Gasteiger partial charge in [0.2, 0.25) is 0 Å². The molecule has 6 nitrogen and oxygen atoms in total. The summed E-state index contributed by atoms with van der Waals surface area (Å²) in [4.78, 5) is 13.2. The van der Waals surface area contributed by atoms with Gasteiger partial charge < -0.3 is 9.31 Å². The molecule has 1 aromatic carbocycles. The highest BCUT2D eigenvalue weighted by Crippen LogP contribution is 2.36. The van der Waals surface area contributed by atoms with Crippen molar-refractivity contribution in [1.29, 1.82) is 0 Å². The van der Waals surface area contributed by atoms with Crippen LogP contribution in [0, 0.1) is 0 Å². The van der Waals surface area contributed by atoms with Crippen molar-refractivity contribution in [3.63, 3.8) is 0 Å². The molecular weight excluding hydrogens is 269 g/mol. The predicted octanol–water partition coefficient (Wildman–Crippen LogP) is 0.977. The zero-order valence-electron chi connectivity index (χ0n) is 12.8. The molecule has 2 saturated heterocycles. The highest BCUT2D eigenvalue weighted by atomic mass is 16.7. The summed E-state index contributed by atoms with van der Waals surface area (Å²) in [6, 6.07) is 7.50. The van der Waals surface area contributed by atoms with Crippen LogP contribution in [0.4, 0.5) is 10.5 Å². The van der Waals surface area contributed by atoms with Crippen LogP contribution in [-0.2, 0) is 9.31 Å². The van der Waals surface area contributed by atoms with Gasteiger partial charge in [0.05, 0.1) is 17.9 Å². The minimum Gasteiger partial charge on any atom is -0.399 e. The summed E-state index contributed by atoms with van der Waals surface area (Å²) in [5.74, 6) is 0. The molecule has 1 aromatic rings. The minimum absolute atomic E-state index is 0.154. The van der Waals surface area contributed by atoms with E-state index < -0.39 is 0 Å². The van der Waals surface area contributed by atoms with Gasteiger partial charge >= 0.3 is 13.1 Å². The molecule has 3 rings (SSSR count). The largest absolute Gasteiger partial charge is 0.494 e. The van der Waals surface area contributed by atoms with Crippen molar-refractivity contribution in [2.75, 3.05) is 11.6 Å². The zero-order chi connectivity index (χ0) is 15.3. The smallest absolute Gasteiger partial charge is 0.399 e. The van der Waals surface area contributed by atoms with E-state index >= 15 is 0 Å². The summed E-state index contributed by atoms with van der Waals surface area (Å²) in [5, 5.41) is 0. The summed E-state index contributed by atoms with van der Waals surface area (Å²) in [6.45, 7) is 8.57. The Balaban J connectivity index is 1.78. The predicted molar refractivity (Wildman–Crippen MR) is 81.2 cm³/mol. The number of benzene rings is 1. The van der Waals surface area contributed by atoms with Crippen LogP contribution in [0.2, 0.25) is 0 Å². The molecule has 21 heavy (non-hydrogen) atoms. The first kappa shape index (κ1) is 14.4. The molecule has 2 amide bonds. The number of nitrogens with one attached hydrogen (secondary N) is 2. The highest BCUT2D eigenvalue weighted by molar-refractivity contribution is 6.62. The van der Waals surface area contributed by atoms with Crippen LogP contribution in [0.1, 0.15) is 27.7 Å². The van der Waals surface area contributed by atoms with E-state index in [9.17, 15) is 4.79 Å².